The largest absolute Gasteiger partial charge is 0.489 e. The molecular weight excluding hydrogens is 398 g/mol. The number of fused-ring (bicyclic) bond motifs is 1. The molecule has 1 saturated carbocycles. The van der Waals surface area contributed by atoms with E-state index in [0.717, 1.165) is 17.4 Å². The van der Waals surface area contributed by atoms with E-state index in [-0.39, 0.29) is 16.7 Å². The molecule has 0 spiro atoms. The lowest BCUT2D eigenvalue weighted by Gasteiger charge is -2.22. The van der Waals surface area contributed by atoms with Gasteiger partial charge in [0.2, 0.25) is 0 Å². The second kappa shape index (κ2) is 8.71. The minimum absolute atomic E-state index is 0.0691. The number of hydrogen-bond acceptors (Lipinski definition) is 6. The van der Waals surface area contributed by atoms with Crippen LogP contribution in [0.4, 0.5) is 5.82 Å². The van der Waals surface area contributed by atoms with Crippen molar-refractivity contribution in [1.29, 1.82) is 0 Å². The van der Waals surface area contributed by atoms with Crippen LogP contribution in [0, 0.1) is 5.92 Å². The average molecular weight is 423 g/mol. The zero-order valence-electron chi connectivity index (χ0n) is 17.6. The fourth-order valence-corrected chi connectivity index (χ4v) is 3.91. The number of ether oxygens (including phenoxy) is 1. The van der Waals surface area contributed by atoms with Crippen LogP contribution in [0.5, 0.6) is 5.75 Å². The van der Waals surface area contributed by atoms with E-state index in [1.165, 1.54) is 50.1 Å². The minimum Gasteiger partial charge on any atom is -0.489 e. The topological polar surface area (TPSA) is 108 Å². The highest BCUT2D eigenvalue weighted by atomic mass is 16.5. The van der Waals surface area contributed by atoms with Gasteiger partial charge in [-0.05, 0) is 43.0 Å². The molecule has 0 bridgehead atoms. The molecule has 1 aliphatic carbocycles. The van der Waals surface area contributed by atoms with Gasteiger partial charge in [0.15, 0.2) is 11.6 Å². The Morgan fingerprint density at radius 1 is 1.13 bits per heavy atom. The standard InChI is InChI=1S/C22H25N5O4/c1-26-19-15(21(29)27(2)22(26)30)10-11-16(24-19)20(28)25-18-17(9-6-12-23-18)31-13-14-7-4-3-5-8-14/h6,9-12,14H,3-5,7-8,13H2,1-2H3,(H,23,25,28). The third-order valence-electron chi connectivity index (χ3n) is 5.74. The Labute approximate surface area is 178 Å². The van der Waals surface area contributed by atoms with E-state index < -0.39 is 17.2 Å². The number of carbonyl (C=O) groups is 1. The first-order chi connectivity index (χ1) is 15.0. The van der Waals surface area contributed by atoms with Gasteiger partial charge in [0.1, 0.15) is 11.3 Å². The highest BCUT2D eigenvalue weighted by Gasteiger charge is 2.18. The predicted molar refractivity (Wildman–Crippen MR) is 116 cm³/mol. The Hall–Kier alpha value is -3.49. The number of amides is 1. The lowest BCUT2D eigenvalue weighted by atomic mass is 9.90. The van der Waals surface area contributed by atoms with Crippen LogP contribution in [0.15, 0.2) is 40.1 Å². The first-order valence-electron chi connectivity index (χ1n) is 10.4. The van der Waals surface area contributed by atoms with Crippen molar-refractivity contribution in [3.63, 3.8) is 0 Å². The lowest BCUT2D eigenvalue weighted by molar-refractivity contribution is 0.102. The summed E-state index contributed by atoms with van der Waals surface area (Å²) in [5, 5.41) is 2.99. The Morgan fingerprint density at radius 2 is 1.90 bits per heavy atom. The van der Waals surface area contributed by atoms with Crippen LogP contribution in [0.3, 0.4) is 0 Å². The second-order valence-corrected chi connectivity index (χ2v) is 7.89. The highest BCUT2D eigenvalue weighted by molar-refractivity contribution is 6.04. The van der Waals surface area contributed by atoms with E-state index in [0.29, 0.717) is 24.1 Å². The Balaban J connectivity index is 1.56. The molecule has 3 aromatic heterocycles. The van der Waals surface area contributed by atoms with Crippen molar-refractivity contribution in [3.8, 4) is 5.75 Å². The fourth-order valence-electron chi connectivity index (χ4n) is 3.91. The Kier molecular flexibility index (Phi) is 5.83. The summed E-state index contributed by atoms with van der Waals surface area (Å²) < 4.78 is 8.21. The molecule has 0 unspecified atom stereocenters. The first-order valence-corrected chi connectivity index (χ1v) is 10.4. The van der Waals surface area contributed by atoms with Crippen LogP contribution in [0.2, 0.25) is 0 Å². The van der Waals surface area contributed by atoms with Crippen molar-refractivity contribution < 1.29 is 9.53 Å². The summed E-state index contributed by atoms with van der Waals surface area (Å²) >= 11 is 0. The third-order valence-corrected chi connectivity index (χ3v) is 5.74. The molecule has 9 heteroatoms. The van der Waals surface area contributed by atoms with Crippen LogP contribution in [0.1, 0.15) is 42.6 Å². The molecule has 4 rings (SSSR count). The average Bonchev–Trinajstić information content (AvgIpc) is 2.81. The molecule has 1 aliphatic rings. The summed E-state index contributed by atoms with van der Waals surface area (Å²) in [4.78, 5) is 45.8. The molecule has 1 fully saturated rings. The van der Waals surface area contributed by atoms with Crippen molar-refractivity contribution >= 4 is 22.8 Å². The van der Waals surface area contributed by atoms with Gasteiger partial charge in [0, 0.05) is 20.3 Å². The van der Waals surface area contributed by atoms with Gasteiger partial charge >= 0.3 is 5.69 Å². The summed E-state index contributed by atoms with van der Waals surface area (Å²) in [6, 6.07) is 6.48. The van der Waals surface area contributed by atoms with Gasteiger partial charge in [-0.15, -0.1) is 0 Å². The van der Waals surface area contributed by atoms with Crippen molar-refractivity contribution in [2.45, 2.75) is 32.1 Å². The molecule has 0 aliphatic heterocycles. The van der Waals surface area contributed by atoms with Gasteiger partial charge in [-0.1, -0.05) is 19.3 Å². The van der Waals surface area contributed by atoms with Gasteiger partial charge in [-0.3, -0.25) is 18.7 Å². The van der Waals surface area contributed by atoms with Gasteiger partial charge in [0.05, 0.1) is 12.0 Å². The molecule has 1 N–H and O–H groups in total. The van der Waals surface area contributed by atoms with Crippen LogP contribution in [-0.4, -0.2) is 31.6 Å². The van der Waals surface area contributed by atoms with Gasteiger partial charge < -0.3 is 10.1 Å². The maximum atomic E-state index is 12.8. The van der Waals surface area contributed by atoms with Crippen LogP contribution >= 0.6 is 0 Å². The molecule has 0 aromatic carbocycles. The first kappa shape index (κ1) is 20.8. The molecular formula is C22H25N5O4. The molecule has 9 nitrogen and oxygen atoms in total. The van der Waals surface area contributed by atoms with Crippen molar-refractivity contribution in [2.75, 3.05) is 11.9 Å². The lowest BCUT2D eigenvalue weighted by Crippen LogP contribution is -2.37. The van der Waals surface area contributed by atoms with E-state index in [9.17, 15) is 14.4 Å². The molecule has 31 heavy (non-hydrogen) atoms. The van der Waals surface area contributed by atoms with Gasteiger partial charge in [-0.2, -0.15) is 0 Å². The number of carbonyl (C=O) groups excluding carboxylic acids is 1. The molecule has 3 aromatic rings. The number of nitrogens with zero attached hydrogens (tertiary/aromatic N) is 4. The summed E-state index contributed by atoms with van der Waals surface area (Å²) in [5.41, 5.74) is -0.749. The van der Waals surface area contributed by atoms with Crippen LogP contribution in [0.25, 0.3) is 11.0 Å². The number of pyridine rings is 2. The summed E-state index contributed by atoms with van der Waals surface area (Å²) in [7, 11) is 2.91. The monoisotopic (exact) mass is 423 g/mol. The van der Waals surface area contributed by atoms with E-state index in [4.69, 9.17) is 4.74 Å². The smallest absolute Gasteiger partial charge is 0.332 e. The Morgan fingerprint density at radius 3 is 2.68 bits per heavy atom. The summed E-state index contributed by atoms with van der Waals surface area (Å²) in [6.45, 7) is 0.591. The SMILES string of the molecule is Cn1c(=O)c2ccc(C(=O)Nc3ncccc3OCC3CCCCC3)nc2n(C)c1=O. The molecule has 0 atom stereocenters. The maximum Gasteiger partial charge on any atom is 0.332 e. The zero-order chi connectivity index (χ0) is 22.0. The Bertz CT molecular complexity index is 1240. The number of hydrogen-bond donors (Lipinski definition) is 1. The quantitative estimate of drug-likeness (QED) is 0.674. The van der Waals surface area contributed by atoms with E-state index in [1.807, 2.05) is 0 Å². The highest BCUT2D eigenvalue weighted by Crippen LogP contribution is 2.27. The fraction of sp³-hybridized carbons (Fsp3) is 0.409. The maximum absolute atomic E-state index is 12.8. The minimum atomic E-state index is -0.509. The zero-order valence-corrected chi connectivity index (χ0v) is 17.6. The number of aryl methyl sites for hydroxylation is 1. The van der Waals surface area contributed by atoms with E-state index in [2.05, 4.69) is 15.3 Å². The summed E-state index contributed by atoms with van der Waals surface area (Å²) in [5.74, 6) is 0.825. The molecule has 3 heterocycles. The third kappa shape index (κ3) is 4.21. The normalized spacial score (nSPS) is 14.5. The number of anilines is 1. The number of aromatic nitrogens is 4. The molecule has 0 radical (unpaired) electrons. The molecule has 162 valence electrons. The molecule has 0 saturated heterocycles. The van der Waals surface area contributed by atoms with Crippen LogP contribution < -0.4 is 21.3 Å². The van der Waals surface area contributed by atoms with Crippen molar-refractivity contribution in [1.82, 2.24) is 19.1 Å². The summed E-state index contributed by atoms with van der Waals surface area (Å²) in [6.07, 6.45) is 7.61. The van der Waals surface area contributed by atoms with E-state index in [1.54, 1.807) is 18.3 Å². The van der Waals surface area contributed by atoms with Crippen molar-refractivity contribution in [3.05, 3.63) is 57.0 Å². The van der Waals surface area contributed by atoms with E-state index >= 15 is 0 Å². The number of rotatable bonds is 5. The second-order valence-electron chi connectivity index (χ2n) is 7.89. The van der Waals surface area contributed by atoms with Crippen LogP contribution in [-0.2, 0) is 14.1 Å². The molecule has 1 amide bonds. The van der Waals surface area contributed by atoms with Crippen molar-refractivity contribution in [2.24, 2.45) is 20.0 Å². The number of nitrogens with one attached hydrogen (secondary N) is 1. The van der Waals surface area contributed by atoms with Gasteiger partial charge in [0.25, 0.3) is 11.5 Å². The predicted octanol–water partition coefficient (Wildman–Crippen LogP) is 2.24. The van der Waals surface area contributed by atoms with Gasteiger partial charge in [-0.25, -0.2) is 14.8 Å².